The number of benzene rings is 2. The van der Waals surface area contributed by atoms with Crippen molar-refractivity contribution in [3.63, 3.8) is 0 Å². The number of hydrogen-bond acceptors (Lipinski definition) is 3. The van der Waals surface area contributed by atoms with Crippen molar-refractivity contribution >= 4 is 45.8 Å². The number of morpholine rings is 1. The Kier molecular flexibility index (Phi) is 5.81. The molecule has 0 spiro atoms. The van der Waals surface area contributed by atoms with E-state index in [1.807, 2.05) is 6.07 Å². The Labute approximate surface area is 159 Å². The van der Waals surface area contributed by atoms with Crippen molar-refractivity contribution in [2.75, 3.05) is 25.1 Å². The largest absolute Gasteiger partial charge is 0.378 e. The number of rotatable bonds is 4. The van der Waals surface area contributed by atoms with E-state index < -0.39 is 0 Å². The third-order valence-corrected chi connectivity index (χ3v) is 4.80. The van der Waals surface area contributed by atoms with Crippen LogP contribution in [0.15, 0.2) is 42.5 Å². The van der Waals surface area contributed by atoms with E-state index in [0.29, 0.717) is 13.0 Å². The summed E-state index contributed by atoms with van der Waals surface area (Å²) in [6.45, 7) is 5.19. The van der Waals surface area contributed by atoms with Gasteiger partial charge in [-0.05, 0) is 31.2 Å². The second kappa shape index (κ2) is 8.08. The van der Waals surface area contributed by atoms with Crippen molar-refractivity contribution in [1.29, 1.82) is 0 Å². The van der Waals surface area contributed by atoms with E-state index in [2.05, 4.69) is 58.5 Å². The summed E-state index contributed by atoms with van der Waals surface area (Å²) in [4.78, 5) is 12.3. The van der Waals surface area contributed by atoms with Crippen LogP contribution in [0.1, 0.15) is 13.3 Å². The van der Waals surface area contributed by atoms with Gasteiger partial charge in [-0.2, -0.15) is 0 Å². The Morgan fingerprint density at radius 3 is 2.81 bits per heavy atom. The minimum absolute atomic E-state index is 0. The Balaban J connectivity index is 0.00000196. The number of halogens is 1. The van der Waals surface area contributed by atoms with E-state index in [1.54, 1.807) is 0 Å². The molecule has 3 aromatic rings. The Bertz CT molecular complexity index is 916. The second-order valence-electron chi connectivity index (χ2n) is 6.47. The highest BCUT2D eigenvalue weighted by Gasteiger charge is 2.17. The zero-order chi connectivity index (χ0) is 17.2. The average Bonchev–Trinajstić information content (AvgIpc) is 2.95. The molecule has 1 atom stereocenters. The molecule has 2 heterocycles. The van der Waals surface area contributed by atoms with Crippen LogP contribution in [0.3, 0.4) is 0 Å². The molecule has 2 aromatic carbocycles. The number of para-hydroxylation sites is 1. The van der Waals surface area contributed by atoms with Gasteiger partial charge in [0.1, 0.15) is 0 Å². The predicted molar refractivity (Wildman–Crippen MR) is 108 cm³/mol. The first kappa shape index (κ1) is 18.7. The van der Waals surface area contributed by atoms with Crippen molar-refractivity contribution in [1.82, 2.24) is 9.88 Å². The molecule has 0 saturated carbocycles. The number of carbonyl (C=O) groups excluding carboxylic acids is 1. The highest BCUT2D eigenvalue weighted by molar-refractivity contribution is 6.09. The SMILES string of the molecule is CCn1c2ccccc2c2cc(NC(=O)CC3COCCN3)ccc21.Cl. The summed E-state index contributed by atoms with van der Waals surface area (Å²) in [5.74, 6) is 0.0154. The first-order valence-electron chi connectivity index (χ1n) is 8.88. The zero-order valence-corrected chi connectivity index (χ0v) is 15.6. The Hall–Kier alpha value is -2.08. The first-order valence-corrected chi connectivity index (χ1v) is 8.88. The third-order valence-electron chi connectivity index (χ3n) is 4.80. The van der Waals surface area contributed by atoms with Crippen molar-refractivity contribution in [2.45, 2.75) is 25.9 Å². The molecule has 2 N–H and O–H groups in total. The molecule has 0 aliphatic carbocycles. The fourth-order valence-corrected chi connectivity index (χ4v) is 3.66. The maximum atomic E-state index is 12.3. The van der Waals surface area contributed by atoms with Crippen molar-refractivity contribution in [2.24, 2.45) is 0 Å². The number of aryl methyl sites for hydroxylation is 1. The number of anilines is 1. The summed E-state index contributed by atoms with van der Waals surface area (Å²) in [7, 11) is 0. The van der Waals surface area contributed by atoms with Crippen LogP contribution in [0, 0.1) is 0 Å². The van der Waals surface area contributed by atoms with E-state index in [-0.39, 0.29) is 24.4 Å². The van der Waals surface area contributed by atoms with Crippen molar-refractivity contribution < 1.29 is 9.53 Å². The molecule has 1 fully saturated rings. The quantitative estimate of drug-likeness (QED) is 0.735. The van der Waals surface area contributed by atoms with Crippen LogP contribution >= 0.6 is 12.4 Å². The average molecular weight is 374 g/mol. The highest BCUT2D eigenvalue weighted by Crippen LogP contribution is 2.31. The molecule has 0 bridgehead atoms. The molecule has 1 unspecified atom stereocenters. The lowest BCUT2D eigenvalue weighted by molar-refractivity contribution is -0.117. The molecular formula is C20H24ClN3O2. The van der Waals surface area contributed by atoms with Gasteiger partial charge in [-0.15, -0.1) is 12.4 Å². The molecule has 1 saturated heterocycles. The number of amides is 1. The molecule has 138 valence electrons. The van der Waals surface area contributed by atoms with Crippen LogP contribution in [0.5, 0.6) is 0 Å². The number of nitrogens with zero attached hydrogens (tertiary/aromatic N) is 1. The number of carbonyl (C=O) groups is 1. The maximum Gasteiger partial charge on any atom is 0.226 e. The van der Waals surface area contributed by atoms with Crippen LogP contribution in [0.2, 0.25) is 0 Å². The molecule has 6 heteroatoms. The van der Waals surface area contributed by atoms with Crippen molar-refractivity contribution in [3.8, 4) is 0 Å². The highest BCUT2D eigenvalue weighted by atomic mass is 35.5. The van der Waals surface area contributed by atoms with E-state index in [9.17, 15) is 4.79 Å². The summed E-state index contributed by atoms with van der Waals surface area (Å²) in [6, 6.07) is 14.7. The fraction of sp³-hybridized carbons (Fsp3) is 0.350. The number of ether oxygens (including phenoxy) is 1. The number of nitrogens with one attached hydrogen (secondary N) is 2. The molecule has 1 aliphatic rings. The van der Waals surface area contributed by atoms with Crippen LogP contribution in [-0.2, 0) is 16.1 Å². The zero-order valence-electron chi connectivity index (χ0n) is 14.8. The molecule has 26 heavy (non-hydrogen) atoms. The van der Waals surface area contributed by atoms with Gasteiger partial charge >= 0.3 is 0 Å². The van der Waals surface area contributed by atoms with Gasteiger partial charge in [-0.1, -0.05) is 18.2 Å². The predicted octanol–water partition coefficient (Wildman–Crippen LogP) is 3.55. The Morgan fingerprint density at radius 2 is 2.04 bits per heavy atom. The molecule has 5 nitrogen and oxygen atoms in total. The van der Waals surface area contributed by atoms with E-state index in [0.717, 1.165) is 25.4 Å². The van der Waals surface area contributed by atoms with Gasteiger partial charge in [-0.3, -0.25) is 4.79 Å². The van der Waals surface area contributed by atoms with Gasteiger partial charge in [0.05, 0.1) is 13.2 Å². The fourth-order valence-electron chi connectivity index (χ4n) is 3.66. The van der Waals surface area contributed by atoms with Gasteiger partial charge in [0.25, 0.3) is 0 Å². The van der Waals surface area contributed by atoms with Crippen molar-refractivity contribution in [3.05, 3.63) is 42.5 Å². The van der Waals surface area contributed by atoms with Gasteiger partial charge in [0.2, 0.25) is 5.91 Å². The maximum absolute atomic E-state index is 12.3. The lowest BCUT2D eigenvalue weighted by Gasteiger charge is -2.23. The Morgan fingerprint density at radius 1 is 1.23 bits per heavy atom. The van der Waals surface area contributed by atoms with E-state index in [4.69, 9.17) is 4.74 Å². The monoisotopic (exact) mass is 373 g/mol. The first-order chi connectivity index (χ1) is 12.3. The summed E-state index contributed by atoms with van der Waals surface area (Å²) in [5, 5.41) is 8.74. The van der Waals surface area contributed by atoms with Gasteiger partial charge in [-0.25, -0.2) is 0 Å². The van der Waals surface area contributed by atoms with E-state index >= 15 is 0 Å². The molecule has 1 aliphatic heterocycles. The smallest absolute Gasteiger partial charge is 0.226 e. The van der Waals surface area contributed by atoms with Crippen LogP contribution < -0.4 is 10.6 Å². The summed E-state index contributed by atoms with van der Waals surface area (Å²) < 4.78 is 7.71. The summed E-state index contributed by atoms with van der Waals surface area (Å²) in [6.07, 6.45) is 0.425. The van der Waals surface area contributed by atoms with Gasteiger partial charge in [0, 0.05) is 53.0 Å². The summed E-state index contributed by atoms with van der Waals surface area (Å²) in [5.41, 5.74) is 3.27. The van der Waals surface area contributed by atoms with Crippen LogP contribution in [0.25, 0.3) is 21.8 Å². The minimum Gasteiger partial charge on any atom is -0.378 e. The molecule has 1 aromatic heterocycles. The summed E-state index contributed by atoms with van der Waals surface area (Å²) >= 11 is 0. The molecule has 1 amide bonds. The minimum atomic E-state index is 0. The third kappa shape index (κ3) is 3.56. The normalized spacial score (nSPS) is 17.2. The van der Waals surface area contributed by atoms with Crippen LogP contribution in [0.4, 0.5) is 5.69 Å². The van der Waals surface area contributed by atoms with Gasteiger partial charge in [0.15, 0.2) is 0 Å². The topological polar surface area (TPSA) is 55.3 Å². The lowest BCUT2D eigenvalue weighted by Crippen LogP contribution is -2.43. The number of hydrogen-bond donors (Lipinski definition) is 2. The molecule has 0 radical (unpaired) electrons. The lowest BCUT2D eigenvalue weighted by atomic mass is 10.1. The van der Waals surface area contributed by atoms with E-state index in [1.165, 1.54) is 21.8 Å². The number of aromatic nitrogens is 1. The molecule has 4 rings (SSSR count). The van der Waals surface area contributed by atoms with Gasteiger partial charge < -0.3 is 19.9 Å². The second-order valence-corrected chi connectivity index (χ2v) is 6.47. The number of fused-ring (bicyclic) bond motifs is 3. The molecular weight excluding hydrogens is 350 g/mol. The van der Waals surface area contributed by atoms with Crippen LogP contribution in [-0.4, -0.2) is 36.3 Å². The standard InChI is InChI=1S/C20H23N3O2.ClH/c1-2-23-18-6-4-3-5-16(18)17-11-14(7-8-19(17)23)22-20(24)12-15-13-25-10-9-21-15;/h3-8,11,15,21H,2,9-10,12-13H2,1H3,(H,22,24);1H.